The van der Waals surface area contributed by atoms with Gasteiger partial charge in [-0.3, -0.25) is 9.97 Å². The molecule has 0 saturated heterocycles. The standard InChI is InChI=1S/C23H25N5O6S/c1-23(2,3)34-22(29)28-35(30,31)27-13-16-7-6-14(11-25-16)21-15(10-24)12-26-18-9-20(33-5)19(32-4)8-17(18)21/h6-9,11-12,27H,13H2,1-5H3,(H,28,29). The summed E-state index contributed by atoms with van der Waals surface area (Å²) in [5.41, 5.74) is 1.71. The van der Waals surface area contributed by atoms with Crippen molar-refractivity contribution in [3.63, 3.8) is 0 Å². The predicted molar refractivity (Wildman–Crippen MR) is 128 cm³/mol. The number of carbonyl (C=O) groups is 1. The van der Waals surface area contributed by atoms with Crippen LogP contribution >= 0.6 is 0 Å². The van der Waals surface area contributed by atoms with Crippen LogP contribution in [-0.4, -0.2) is 44.3 Å². The quantitative estimate of drug-likeness (QED) is 0.499. The van der Waals surface area contributed by atoms with Crippen LogP contribution in [0.15, 0.2) is 36.7 Å². The van der Waals surface area contributed by atoms with Crippen LogP contribution in [-0.2, 0) is 21.5 Å². The van der Waals surface area contributed by atoms with Crippen molar-refractivity contribution in [2.24, 2.45) is 0 Å². The van der Waals surface area contributed by atoms with E-state index in [1.165, 1.54) is 26.6 Å². The molecule has 11 nitrogen and oxygen atoms in total. The minimum atomic E-state index is -4.16. The van der Waals surface area contributed by atoms with Crippen LogP contribution in [0.5, 0.6) is 11.5 Å². The van der Waals surface area contributed by atoms with Gasteiger partial charge in [-0.15, -0.1) is 0 Å². The fourth-order valence-corrected chi connectivity index (χ4v) is 3.88. The van der Waals surface area contributed by atoms with Crippen LogP contribution < -0.4 is 18.9 Å². The molecule has 0 aliphatic carbocycles. The van der Waals surface area contributed by atoms with Crippen molar-refractivity contribution < 1.29 is 27.4 Å². The lowest BCUT2D eigenvalue weighted by Gasteiger charge is -2.19. The lowest BCUT2D eigenvalue weighted by Crippen LogP contribution is -2.42. The first kappa shape index (κ1) is 25.7. The summed E-state index contributed by atoms with van der Waals surface area (Å²) >= 11 is 0. The number of nitrogens with zero attached hydrogens (tertiary/aromatic N) is 3. The minimum absolute atomic E-state index is 0.175. The molecule has 1 amide bonds. The molecule has 2 heterocycles. The third-order valence-electron chi connectivity index (χ3n) is 4.67. The zero-order chi connectivity index (χ0) is 25.8. The fourth-order valence-electron chi connectivity index (χ4n) is 3.21. The number of hydrogen-bond acceptors (Lipinski definition) is 9. The normalized spacial score (nSPS) is 11.5. The number of benzene rings is 1. The number of hydrogen-bond donors (Lipinski definition) is 2. The highest BCUT2D eigenvalue weighted by Gasteiger charge is 2.21. The third-order valence-corrected chi connectivity index (χ3v) is 5.63. The molecule has 184 valence electrons. The number of methoxy groups -OCH3 is 2. The Hall–Kier alpha value is -3.95. The second-order valence-corrected chi connectivity index (χ2v) is 9.85. The summed E-state index contributed by atoms with van der Waals surface area (Å²) in [5, 5.41) is 10.3. The lowest BCUT2D eigenvalue weighted by atomic mass is 9.97. The molecule has 2 N–H and O–H groups in total. The zero-order valence-corrected chi connectivity index (χ0v) is 20.7. The van der Waals surface area contributed by atoms with Gasteiger partial charge >= 0.3 is 16.3 Å². The minimum Gasteiger partial charge on any atom is -0.493 e. The van der Waals surface area contributed by atoms with E-state index < -0.39 is 21.9 Å². The number of aromatic nitrogens is 2. The monoisotopic (exact) mass is 499 g/mol. The Bertz CT molecular complexity index is 1390. The Morgan fingerprint density at radius 3 is 2.34 bits per heavy atom. The molecule has 0 saturated carbocycles. The summed E-state index contributed by atoms with van der Waals surface area (Å²) < 4.78 is 43.9. The highest BCUT2D eigenvalue weighted by molar-refractivity contribution is 7.88. The Morgan fingerprint density at radius 1 is 1.09 bits per heavy atom. The molecule has 3 aromatic rings. The fraction of sp³-hybridized carbons (Fsp3) is 0.304. The number of nitriles is 1. The SMILES string of the molecule is COc1cc2ncc(C#N)c(-c3ccc(CNS(=O)(=O)NC(=O)OC(C)(C)C)nc3)c2cc1OC. The average Bonchev–Trinajstić information content (AvgIpc) is 2.79. The number of rotatable bonds is 7. The van der Waals surface area contributed by atoms with Gasteiger partial charge in [0, 0.05) is 35.0 Å². The third kappa shape index (κ3) is 6.34. The molecule has 1 aromatic carbocycles. The van der Waals surface area contributed by atoms with Gasteiger partial charge in [0.1, 0.15) is 11.7 Å². The van der Waals surface area contributed by atoms with Gasteiger partial charge < -0.3 is 14.2 Å². The molecule has 0 spiro atoms. The van der Waals surface area contributed by atoms with E-state index in [2.05, 4.69) is 20.8 Å². The number of nitrogens with one attached hydrogen (secondary N) is 2. The summed E-state index contributed by atoms with van der Waals surface area (Å²) in [6, 6.07) is 8.92. The number of amides is 1. The molecule has 35 heavy (non-hydrogen) atoms. The summed E-state index contributed by atoms with van der Waals surface area (Å²) in [4.78, 5) is 20.4. The van der Waals surface area contributed by atoms with Gasteiger partial charge in [-0.25, -0.2) is 9.52 Å². The van der Waals surface area contributed by atoms with E-state index >= 15 is 0 Å². The number of fused-ring (bicyclic) bond motifs is 1. The molecule has 3 rings (SSSR count). The van der Waals surface area contributed by atoms with E-state index in [9.17, 15) is 18.5 Å². The van der Waals surface area contributed by atoms with Crippen molar-refractivity contribution in [1.82, 2.24) is 19.4 Å². The van der Waals surface area contributed by atoms with E-state index in [0.29, 0.717) is 44.8 Å². The maximum atomic E-state index is 12.1. The Labute approximate surface area is 203 Å². The average molecular weight is 500 g/mol. The summed E-state index contributed by atoms with van der Waals surface area (Å²) in [6.45, 7) is 4.68. The van der Waals surface area contributed by atoms with Gasteiger partial charge in [-0.05, 0) is 32.9 Å². The Balaban J connectivity index is 1.85. The van der Waals surface area contributed by atoms with Gasteiger partial charge in [0.05, 0.1) is 37.5 Å². The summed E-state index contributed by atoms with van der Waals surface area (Å²) in [5.74, 6) is 0.985. The second-order valence-electron chi connectivity index (χ2n) is 8.35. The molecule has 0 fully saturated rings. The molecule has 0 bridgehead atoms. The van der Waals surface area contributed by atoms with Crippen molar-refractivity contribution in [2.45, 2.75) is 32.9 Å². The molecule has 12 heteroatoms. The van der Waals surface area contributed by atoms with Crippen molar-refractivity contribution >= 4 is 27.2 Å². The molecular weight excluding hydrogens is 474 g/mol. The second kappa shape index (κ2) is 10.1. The van der Waals surface area contributed by atoms with E-state index in [0.717, 1.165) is 0 Å². The van der Waals surface area contributed by atoms with E-state index in [4.69, 9.17) is 14.2 Å². The van der Waals surface area contributed by atoms with Crippen molar-refractivity contribution in [2.75, 3.05) is 14.2 Å². The van der Waals surface area contributed by atoms with Crippen molar-refractivity contribution in [3.8, 4) is 28.7 Å². The van der Waals surface area contributed by atoms with Gasteiger partial charge in [-0.2, -0.15) is 18.4 Å². The topological polar surface area (TPSA) is 153 Å². The maximum absolute atomic E-state index is 12.1. The first-order valence-electron chi connectivity index (χ1n) is 10.4. The molecule has 0 aliphatic heterocycles. The van der Waals surface area contributed by atoms with Gasteiger partial charge in [0.2, 0.25) is 0 Å². The van der Waals surface area contributed by atoms with Crippen LogP contribution in [0.25, 0.3) is 22.0 Å². The van der Waals surface area contributed by atoms with Gasteiger partial charge in [0.25, 0.3) is 0 Å². The molecule has 0 aliphatic rings. The predicted octanol–water partition coefficient (Wildman–Crippen LogP) is 3.04. The largest absolute Gasteiger partial charge is 0.493 e. The Morgan fingerprint density at radius 2 is 1.77 bits per heavy atom. The summed E-state index contributed by atoms with van der Waals surface area (Å²) in [7, 11) is -1.12. The molecule has 0 unspecified atom stereocenters. The van der Waals surface area contributed by atoms with Crippen molar-refractivity contribution in [3.05, 3.63) is 47.9 Å². The first-order valence-corrected chi connectivity index (χ1v) is 11.8. The van der Waals surface area contributed by atoms with Crippen LogP contribution in [0, 0.1) is 11.3 Å². The first-order chi connectivity index (χ1) is 16.5. The number of ether oxygens (including phenoxy) is 3. The van der Waals surface area contributed by atoms with Crippen LogP contribution in [0.1, 0.15) is 32.0 Å². The van der Waals surface area contributed by atoms with E-state index in [1.54, 1.807) is 49.8 Å². The van der Waals surface area contributed by atoms with Gasteiger partial charge in [0.15, 0.2) is 11.5 Å². The molecule has 0 atom stereocenters. The highest BCUT2D eigenvalue weighted by atomic mass is 32.2. The number of carbonyl (C=O) groups excluding carboxylic acids is 1. The van der Waals surface area contributed by atoms with E-state index in [1.807, 2.05) is 0 Å². The maximum Gasteiger partial charge on any atom is 0.422 e. The van der Waals surface area contributed by atoms with E-state index in [-0.39, 0.29) is 6.54 Å². The summed E-state index contributed by atoms with van der Waals surface area (Å²) in [6.07, 6.45) is 1.90. The molecule has 0 radical (unpaired) electrons. The van der Waals surface area contributed by atoms with Gasteiger partial charge in [-0.1, -0.05) is 6.07 Å². The molecule has 2 aromatic heterocycles. The zero-order valence-electron chi connectivity index (χ0n) is 19.9. The lowest BCUT2D eigenvalue weighted by molar-refractivity contribution is 0.0569. The van der Waals surface area contributed by atoms with Crippen LogP contribution in [0.3, 0.4) is 0 Å². The van der Waals surface area contributed by atoms with Crippen LogP contribution in [0.4, 0.5) is 4.79 Å². The van der Waals surface area contributed by atoms with Crippen molar-refractivity contribution in [1.29, 1.82) is 5.26 Å². The molecular formula is C23H25N5O6S. The number of pyridine rings is 2. The highest BCUT2D eigenvalue weighted by Crippen LogP contribution is 2.37. The smallest absolute Gasteiger partial charge is 0.422 e. The Kier molecular flexibility index (Phi) is 7.42. The van der Waals surface area contributed by atoms with Crippen LogP contribution in [0.2, 0.25) is 0 Å².